The lowest BCUT2D eigenvalue weighted by Crippen LogP contribution is -2.47. The van der Waals surface area contributed by atoms with Gasteiger partial charge in [-0.05, 0) is 31.7 Å². The molecule has 3 rings (SSSR count). The van der Waals surface area contributed by atoms with Gasteiger partial charge in [-0.2, -0.15) is 12.7 Å². The maximum absolute atomic E-state index is 12.7. The van der Waals surface area contributed by atoms with Crippen molar-refractivity contribution in [3.8, 4) is 5.75 Å². The van der Waals surface area contributed by atoms with Crippen LogP contribution in [0, 0.1) is 0 Å². The van der Waals surface area contributed by atoms with Crippen LogP contribution < -0.4 is 9.46 Å². The molecule has 1 aliphatic carbocycles. The molecular formula is C18H28N2O3S. The summed E-state index contributed by atoms with van der Waals surface area (Å²) >= 11 is 0. The first-order valence-electron chi connectivity index (χ1n) is 8.96. The Morgan fingerprint density at radius 2 is 1.75 bits per heavy atom. The SMILES string of the molecule is COc1ccccc1C1(CNS(=O)(=O)N2CCCCC2)CCCC1. The van der Waals surface area contributed by atoms with Crippen LogP contribution in [0.15, 0.2) is 24.3 Å². The molecule has 0 unspecified atom stereocenters. The summed E-state index contributed by atoms with van der Waals surface area (Å²) in [7, 11) is -1.71. The smallest absolute Gasteiger partial charge is 0.279 e. The van der Waals surface area contributed by atoms with Crippen molar-refractivity contribution in [1.29, 1.82) is 0 Å². The molecule has 0 atom stereocenters. The lowest BCUT2D eigenvalue weighted by molar-refractivity contribution is 0.333. The molecule has 1 heterocycles. The summed E-state index contributed by atoms with van der Waals surface area (Å²) in [6.07, 6.45) is 7.28. The Hall–Kier alpha value is -1.11. The van der Waals surface area contributed by atoms with Gasteiger partial charge in [0.25, 0.3) is 10.2 Å². The van der Waals surface area contributed by atoms with Crippen molar-refractivity contribution in [1.82, 2.24) is 9.03 Å². The van der Waals surface area contributed by atoms with Gasteiger partial charge in [-0.1, -0.05) is 37.5 Å². The molecule has 134 valence electrons. The van der Waals surface area contributed by atoms with Crippen LogP contribution >= 0.6 is 0 Å². The highest BCUT2D eigenvalue weighted by Crippen LogP contribution is 2.44. The van der Waals surface area contributed by atoms with E-state index in [2.05, 4.69) is 10.8 Å². The third-order valence-electron chi connectivity index (χ3n) is 5.49. The lowest BCUT2D eigenvalue weighted by Gasteiger charge is -2.33. The Morgan fingerprint density at radius 1 is 1.08 bits per heavy atom. The molecule has 5 nitrogen and oxygen atoms in total. The van der Waals surface area contributed by atoms with Gasteiger partial charge in [0, 0.05) is 30.6 Å². The first-order chi connectivity index (χ1) is 11.6. The van der Waals surface area contributed by atoms with E-state index in [0.29, 0.717) is 19.6 Å². The first kappa shape index (κ1) is 17.7. The van der Waals surface area contributed by atoms with E-state index in [1.165, 1.54) is 0 Å². The molecule has 0 amide bonds. The van der Waals surface area contributed by atoms with Gasteiger partial charge in [-0.3, -0.25) is 0 Å². The van der Waals surface area contributed by atoms with E-state index in [0.717, 1.165) is 56.3 Å². The van der Waals surface area contributed by atoms with E-state index in [1.807, 2.05) is 18.2 Å². The van der Waals surface area contributed by atoms with Gasteiger partial charge in [-0.25, -0.2) is 4.72 Å². The minimum atomic E-state index is -3.39. The van der Waals surface area contributed by atoms with Crippen molar-refractivity contribution in [3.05, 3.63) is 29.8 Å². The molecule has 0 radical (unpaired) electrons. The second kappa shape index (κ2) is 7.42. The Kier molecular flexibility index (Phi) is 5.47. The maximum atomic E-state index is 12.7. The fourth-order valence-corrected chi connectivity index (χ4v) is 5.48. The second-order valence-electron chi connectivity index (χ2n) is 6.97. The molecule has 1 N–H and O–H groups in total. The van der Waals surface area contributed by atoms with Crippen molar-refractivity contribution in [2.75, 3.05) is 26.7 Å². The van der Waals surface area contributed by atoms with Gasteiger partial charge >= 0.3 is 0 Å². The highest BCUT2D eigenvalue weighted by atomic mass is 32.2. The number of nitrogens with zero attached hydrogens (tertiary/aromatic N) is 1. The summed E-state index contributed by atoms with van der Waals surface area (Å²) in [6, 6.07) is 8.02. The van der Waals surface area contributed by atoms with E-state index >= 15 is 0 Å². The highest BCUT2D eigenvalue weighted by Gasteiger charge is 2.39. The molecule has 1 saturated heterocycles. The fourth-order valence-electron chi connectivity index (χ4n) is 4.10. The summed E-state index contributed by atoms with van der Waals surface area (Å²) in [5, 5.41) is 0. The van der Waals surface area contributed by atoms with Crippen molar-refractivity contribution < 1.29 is 13.2 Å². The third kappa shape index (κ3) is 3.60. The van der Waals surface area contributed by atoms with E-state index in [9.17, 15) is 8.42 Å². The average Bonchev–Trinajstić information content (AvgIpc) is 3.11. The van der Waals surface area contributed by atoms with Gasteiger partial charge in [0.05, 0.1) is 7.11 Å². The van der Waals surface area contributed by atoms with Crippen molar-refractivity contribution in [2.24, 2.45) is 0 Å². The maximum Gasteiger partial charge on any atom is 0.279 e. The standard InChI is InChI=1S/C18H28N2O3S/c1-23-17-10-4-3-9-16(17)18(11-5-6-12-18)15-19-24(21,22)20-13-7-2-8-14-20/h3-4,9-10,19H,2,5-8,11-15H2,1H3. The molecule has 0 spiro atoms. The normalized spacial score (nSPS) is 21.7. The van der Waals surface area contributed by atoms with Crippen LogP contribution in [0.2, 0.25) is 0 Å². The van der Waals surface area contributed by atoms with Crippen LogP contribution in [-0.2, 0) is 15.6 Å². The first-order valence-corrected chi connectivity index (χ1v) is 10.4. The van der Waals surface area contributed by atoms with Crippen molar-refractivity contribution >= 4 is 10.2 Å². The number of piperidine rings is 1. The van der Waals surface area contributed by atoms with Crippen LogP contribution in [0.25, 0.3) is 0 Å². The third-order valence-corrected chi connectivity index (χ3v) is 7.04. The van der Waals surface area contributed by atoms with Crippen molar-refractivity contribution in [2.45, 2.75) is 50.4 Å². The number of ether oxygens (including phenoxy) is 1. The molecular weight excluding hydrogens is 324 g/mol. The topological polar surface area (TPSA) is 58.6 Å². The monoisotopic (exact) mass is 352 g/mol. The predicted molar refractivity (Wildman–Crippen MR) is 95.5 cm³/mol. The summed E-state index contributed by atoms with van der Waals surface area (Å²) in [6.45, 7) is 1.72. The molecule has 2 fully saturated rings. The van der Waals surface area contributed by atoms with Gasteiger partial charge in [-0.15, -0.1) is 0 Å². The van der Waals surface area contributed by atoms with Crippen LogP contribution in [0.4, 0.5) is 0 Å². The van der Waals surface area contributed by atoms with E-state index in [4.69, 9.17) is 4.74 Å². The lowest BCUT2D eigenvalue weighted by atomic mass is 9.78. The zero-order valence-electron chi connectivity index (χ0n) is 14.5. The van der Waals surface area contributed by atoms with Crippen molar-refractivity contribution in [3.63, 3.8) is 0 Å². The molecule has 2 aliphatic rings. The minimum Gasteiger partial charge on any atom is -0.496 e. The van der Waals surface area contributed by atoms with Gasteiger partial charge in [0.2, 0.25) is 0 Å². The van der Waals surface area contributed by atoms with Gasteiger partial charge < -0.3 is 4.74 Å². The molecule has 0 aromatic heterocycles. The number of benzene rings is 1. The molecule has 1 aliphatic heterocycles. The van der Waals surface area contributed by atoms with E-state index in [-0.39, 0.29) is 5.41 Å². The van der Waals surface area contributed by atoms with E-state index < -0.39 is 10.2 Å². The summed E-state index contributed by atoms with van der Waals surface area (Å²) in [5.74, 6) is 0.858. The molecule has 1 aromatic carbocycles. The molecule has 1 aromatic rings. The summed E-state index contributed by atoms with van der Waals surface area (Å²) in [5.41, 5.74) is 0.974. The van der Waals surface area contributed by atoms with Crippen LogP contribution in [0.5, 0.6) is 5.75 Å². The Morgan fingerprint density at radius 3 is 2.42 bits per heavy atom. The molecule has 1 saturated carbocycles. The number of hydrogen-bond acceptors (Lipinski definition) is 3. The molecule has 6 heteroatoms. The fraction of sp³-hybridized carbons (Fsp3) is 0.667. The summed E-state index contributed by atoms with van der Waals surface area (Å²) in [4.78, 5) is 0. The molecule has 0 bridgehead atoms. The molecule has 24 heavy (non-hydrogen) atoms. The van der Waals surface area contributed by atoms with Gasteiger partial charge in [0.1, 0.15) is 5.75 Å². The number of nitrogens with one attached hydrogen (secondary N) is 1. The van der Waals surface area contributed by atoms with E-state index in [1.54, 1.807) is 11.4 Å². The van der Waals surface area contributed by atoms with Crippen LogP contribution in [0.1, 0.15) is 50.5 Å². The Bertz CT molecular complexity index is 648. The Balaban J connectivity index is 1.79. The number of hydrogen-bond donors (Lipinski definition) is 1. The average molecular weight is 353 g/mol. The quantitative estimate of drug-likeness (QED) is 0.856. The van der Waals surface area contributed by atoms with Crippen LogP contribution in [-0.4, -0.2) is 39.5 Å². The summed E-state index contributed by atoms with van der Waals surface area (Å²) < 4.78 is 35.4. The zero-order chi connectivity index (χ0) is 17.0. The van der Waals surface area contributed by atoms with Crippen LogP contribution in [0.3, 0.4) is 0 Å². The van der Waals surface area contributed by atoms with Gasteiger partial charge in [0.15, 0.2) is 0 Å². The predicted octanol–water partition coefficient (Wildman–Crippen LogP) is 2.83. The number of rotatable bonds is 6. The number of methoxy groups -OCH3 is 1. The zero-order valence-corrected chi connectivity index (χ0v) is 15.3. The second-order valence-corrected chi connectivity index (χ2v) is 8.73. The Labute approximate surface area is 145 Å². The largest absolute Gasteiger partial charge is 0.496 e. The highest BCUT2D eigenvalue weighted by molar-refractivity contribution is 7.87. The number of para-hydroxylation sites is 1. The minimum absolute atomic E-state index is 0.157.